The van der Waals surface area contributed by atoms with Crippen molar-refractivity contribution in [2.75, 3.05) is 6.61 Å². The number of aliphatic hydroxyl groups is 2. The first-order chi connectivity index (χ1) is 10.0. The second-order valence-corrected chi connectivity index (χ2v) is 4.79. The van der Waals surface area contributed by atoms with E-state index in [4.69, 9.17) is 9.47 Å². The topological polar surface area (TPSA) is 111 Å². The molecule has 1 saturated heterocycles. The number of carbonyl (C=O) groups is 1. The third kappa shape index (κ3) is 3.46. The normalized spacial score (nSPS) is 28.5. The van der Waals surface area contributed by atoms with E-state index in [2.05, 4.69) is 4.98 Å². The quantitative estimate of drug-likeness (QED) is 0.685. The molecule has 8 nitrogen and oxygen atoms in total. The van der Waals surface area contributed by atoms with Crippen molar-refractivity contribution in [3.05, 3.63) is 28.9 Å². The molecule has 0 saturated carbocycles. The molecule has 2 rings (SSSR count). The summed E-state index contributed by atoms with van der Waals surface area (Å²) in [6.45, 7) is 1.67. The van der Waals surface area contributed by atoms with Gasteiger partial charge in [0.15, 0.2) is 6.23 Å². The highest BCUT2D eigenvalue weighted by Gasteiger charge is 2.44. The van der Waals surface area contributed by atoms with E-state index in [1.54, 1.807) is 0 Å². The fourth-order valence-electron chi connectivity index (χ4n) is 2.11. The summed E-state index contributed by atoms with van der Waals surface area (Å²) in [5, 5.41) is 19.9. The Bertz CT molecular complexity index is 545. The zero-order valence-electron chi connectivity index (χ0n) is 11.6. The molecule has 2 heterocycles. The minimum atomic E-state index is -1.30. The molecule has 2 N–H and O–H groups in total. The predicted octanol–water partition coefficient (Wildman–Crippen LogP) is -0.794. The van der Waals surface area contributed by atoms with Crippen molar-refractivity contribution in [3.8, 4) is 0 Å². The van der Waals surface area contributed by atoms with Crippen LogP contribution in [0.25, 0.3) is 0 Å². The molecule has 8 heteroatoms. The van der Waals surface area contributed by atoms with Gasteiger partial charge < -0.3 is 19.7 Å². The molecule has 4 unspecified atom stereocenters. The maximum Gasteiger partial charge on any atom is 0.349 e. The number of hydrogen-bond acceptors (Lipinski definition) is 7. The van der Waals surface area contributed by atoms with E-state index in [1.165, 1.54) is 18.5 Å². The van der Waals surface area contributed by atoms with Crippen molar-refractivity contribution in [2.24, 2.45) is 0 Å². The molecular formula is C13H18N2O6. The fraction of sp³-hybridized carbons (Fsp3) is 0.615. The second kappa shape index (κ2) is 6.79. The maximum atomic E-state index is 11.6. The molecule has 0 bridgehead atoms. The fourth-order valence-corrected chi connectivity index (χ4v) is 2.11. The van der Waals surface area contributed by atoms with E-state index >= 15 is 0 Å². The zero-order valence-corrected chi connectivity index (χ0v) is 11.6. The van der Waals surface area contributed by atoms with Gasteiger partial charge in [-0.3, -0.25) is 9.36 Å². The molecule has 21 heavy (non-hydrogen) atoms. The number of carbonyl (C=O) groups excluding carboxylic acids is 1. The van der Waals surface area contributed by atoms with Crippen LogP contribution in [0.1, 0.15) is 26.0 Å². The maximum absolute atomic E-state index is 11.6. The third-order valence-electron chi connectivity index (χ3n) is 3.21. The van der Waals surface area contributed by atoms with Gasteiger partial charge in [0, 0.05) is 18.8 Å². The number of esters is 1. The molecule has 0 aromatic carbocycles. The molecule has 0 aliphatic carbocycles. The van der Waals surface area contributed by atoms with Gasteiger partial charge in [-0.25, -0.2) is 9.78 Å². The molecule has 1 aliphatic heterocycles. The van der Waals surface area contributed by atoms with Crippen molar-refractivity contribution in [2.45, 2.75) is 44.3 Å². The first-order valence-electron chi connectivity index (χ1n) is 6.75. The van der Waals surface area contributed by atoms with E-state index in [0.29, 0.717) is 6.42 Å². The number of rotatable bonds is 5. The number of hydrogen-bond donors (Lipinski definition) is 2. The summed E-state index contributed by atoms with van der Waals surface area (Å²) in [5.41, 5.74) is -0.600. The lowest BCUT2D eigenvalue weighted by molar-refractivity contribution is -0.150. The second-order valence-electron chi connectivity index (χ2n) is 4.79. The Kier molecular flexibility index (Phi) is 5.05. The van der Waals surface area contributed by atoms with Crippen molar-refractivity contribution < 1.29 is 24.5 Å². The highest BCUT2D eigenvalue weighted by atomic mass is 16.6. The van der Waals surface area contributed by atoms with Gasteiger partial charge in [-0.2, -0.15) is 0 Å². The monoisotopic (exact) mass is 298 g/mol. The lowest BCUT2D eigenvalue weighted by Crippen LogP contribution is -2.36. The minimum absolute atomic E-state index is 0.178. The van der Waals surface area contributed by atoms with Crippen LogP contribution in [0.4, 0.5) is 0 Å². The number of nitrogens with zero attached hydrogens (tertiary/aromatic N) is 2. The van der Waals surface area contributed by atoms with Crippen molar-refractivity contribution in [1.82, 2.24) is 9.55 Å². The van der Waals surface area contributed by atoms with Gasteiger partial charge in [0.05, 0.1) is 0 Å². The Balaban J connectivity index is 2.03. The lowest BCUT2D eigenvalue weighted by atomic mass is 10.1. The molecule has 1 fully saturated rings. The highest BCUT2D eigenvalue weighted by molar-refractivity contribution is 5.69. The summed E-state index contributed by atoms with van der Waals surface area (Å²) in [6.07, 6.45) is -0.852. The smallest absolute Gasteiger partial charge is 0.349 e. The van der Waals surface area contributed by atoms with Crippen molar-refractivity contribution in [1.29, 1.82) is 0 Å². The van der Waals surface area contributed by atoms with Gasteiger partial charge in [0.2, 0.25) is 0 Å². The summed E-state index contributed by atoms with van der Waals surface area (Å²) in [7, 11) is 0. The summed E-state index contributed by atoms with van der Waals surface area (Å²) in [6, 6.07) is 1.51. The minimum Gasteiger partial charge on any atom is -0.463 e. The molecule has 1 aliphatic rings. The standard InChI is InChI=1S/C13H18N2O6/c1-2-4-9(16)20-7-8-10(17)11(18)12(21-8)15-6-3-5-14-13(15)19/h3,5-6,8,10-12,17-18H,2,4,7H2,1H3. The Labute approximate surface area is 120 Å². The van der Waals surface area contributed by atoms with Crippen LogP contribution in [-0.4, -0.2) is 50.7 Å². The van der Waals surface area contributed by atoms with Crippen LogP contribution >= 0.6 is 0 Å². The SMILES string of the molecule is CCCC(=O)OCC1OC(n2cccnc2=O)C(O)C1O. The van der Waals surface area contributed by atoms with Crippen LogP contribution in [0, 0.1) is 0 Å². The Morgan fingerprint density at radius 2 is 2.24 bits per heavy atom. The van der Waals surface area contributed by atoms with Gasteiger partial charge in [-0.1, -0.05) is 6.92 Å². The molecule has 1 aromatic rings. The average Bonchev–Trinajstić information content (AvgIpc) is 2.74. The van der Waals surface area contributed by atoms with E-state index in [-0.39, 0.29) is 13.0 Å². The van der Waals surface area contributed by atoms with E-state index < -0.39 is 36.2 Å². The number of ether oxygens (including phenoxy) is 2. The largest absolute Gasteiger partial charge is 0.463 e. The van der Waals surface area contributed by atoms with Gasteiger partial charge in [-0.05, 0) is 12.5 Å². The molecule has 0 spiro atoms. The molecule has 0 radical (unpaired) electrons. The van der Waals surface area contributed by atoms with Crippen molar-refractivity contribution >= 4 is 5.97 Å². The predicted molar refractivity (Wildman–Crippen MR) is 70.3 cm³/mol. The van der Waals surface area contributed by atoms with E-state index in [9.17, 15) is 19.8 Å². The van der Waals surface area contributed by atoms with Crippen molar-refractivity contribution in [3.63, 3.8) is 0 Å². The Hall–Kier alpha value is -1.77. The molecular weight excluding hydrogens is 280 g/mol. The average molecular weight is 298 g/mol. The Morgan fingerprint density at radius 3 is 2.90 bits per heavy atom. The molecule has 4 atom stereocenters. The van der Waals surface area contributed by atoms with Crippen LogP contribution in [0.3, 0.4) is 0 Å². The van der Waals surface area contributed by atoms with Gasteiger partial charge in [0.25, 0.3) is 0 Å². The summed E-state index contributed by atoms with van der Waals surface area (Å²) >= 11 is 0. The highest BCUT2D eigenvalue weighted by Crippen LogP contribution is 2.28. The van der Waals surface area contributed by atoms with Crippen LogP contribution in [0.15, 0.2) is 23.3 Å². The summed E-state index contributed by atoms with van der Waals surface area (Å²) in [4.78, 5) is 26.5. The van der Waals surface area contributed by atoms with Crippen LogP contribution < -0.4 is 5.69 Å². The van der Waals surface area contributed by atoms with Gasteiger partial charge >= 0.3 is 11.7 Å². The van der Waals surface area contributed by atoms with Crippen LogP contribution in [0.5, 0.6) is 0 Å². The number of aromatic nitrogens is 2. The van der Waals surface area contributed by atoms with Crippen LogP contribution in [-0.2, 0) is 14.3 Å². The van der Waals surface area contributed by atoms with Gasteiger partial charge in [-0.15, -0.1) is 0 Å². The first kappa shape index (κ1) is 15.6. The van der Waals surface area contributed by atoms with Crippen LogP contribution in [0.2, 0.25) is 0 Å². The van der Waals surface area contributed by atoms with Gasteiger partial charge in [0.1, 0.15) is 24.9 Å². The number of aliphatic hydroxyl groups excluding tert-OH is 2. The third-order valence-corrected chi connectivity index (χ3v) is 3.21. The summed E-state index contributed by atoms with van der Waals surface area (Å²) < 4.78 is 11.5. The zero-order chi connectivity index (χ0) is 15.4. The molecule has 116 valence electrons. The summed E-state index contributed by atoms with van der Waals surface area (Å²) in [5.74, 6) is -0.398. The van der Waals surface area contributed by atoms with E-state index in [0.717, 1.165) is 4.57 Å². The molecule has 0 amide bonds. The first-order valence-corrected chi connectivity index (χ1v) is 6.75. The lowest BCUT2D eigenvalue weighted by Gasteiger charge is -2.16. The Morgan fingerprint density at radius 1 is 1.48 bits per heavy atom. The molecule has 1 aromatic heterocycles. The van der Waals surface area contributed by atoms with E-state index in [1.807, 2.05) is 6.92 Å².